The van der Waals surface area contributed by atoms with E-state index in [1.165, 1.54) is 0 Å². The Morgan fingerprint density at radius 1 is 1.18 bits per heavy atom. The summed E-state index contributed by atoms with van der Waals surface area (Å²) in [6, 6.07) is 13.4. The SMILES string of the molecule is O=C(NCCn1nnc2ccccc21)C1CCC(=O)N(Cc2ccccn2)C1. The molecule has 0 bridgehead atoms. The van der Waals surface area contributed by atoms with Gasteiger partial charge >= 0.3 is 0 Å². The number of pyridine rings is 1. The summed E-state index contributed by atoms with van der Waals surface area (Å²) in [5.41, 5.74) is 2.61. The molecule has 1 aliphatic rings. The normalized spacial score (nSPS) is 17.1. The predicted molar refractivity (Wildman–Crippen MR) is 103 cm³/mol. The second kappa shape index (κ2) is 8.16. The van der Waals surface area contributed by atoms with Crippen LogP contribution in [-0.4, -0.2) is 49.8 Å². The molecular formula is C20H22N6O2. The van der Waals surface area contributed by atoms with Crippen LogP contribution in [0.3, 0.4) is 0 Å². The van der Waals surface area contributed by atoms with Gasteiger partial charge in [0, 0.05) is 25.7 Å². The molecule has 28 heavy (non-hydrogen) atoms. The molecule has 1 N–H and O–H groups in total. The van der Waals surface area contributed by atoms with E-state index in [1.807, 2.05) is 42.5 Å². The maximum Gasteiger partial charge on any atom is 0.224 e. The topological polar surface area (TPSA) is 93.0 Å². The number of likely N-dealkylation sites (tertiary alicyclic amines) is 1. The number of amides is 2. The first-order valence-corrected chi connectivity index (χ1v) is 9.44. The van der Waals surface area contributed by atoms with E-state index < -0.39 is 0 Å². The quantitative estimate of drug-likeness (QED) is 0.700. The lowest BCUT2D eigenvalue weighted by Crippen LogP contribution is -2.45. The number of aromatic nitrogens is 4. The van der Waals surface area contributed by atoms with Crippen LogP contribution < -0.4 is 5.32 Å². The minimum atomic E-state index is -0.200. The van der Waals surface area contributed by atoms with Crippen LogP contribution in [0, 0.1) is 5.92 Å². The highest BCUT2D eigenvalue weighted by molar-refractivity contribution is 5.83. The minimum Gasteiger partial charge on any atom is -0.354 e. The smallest absolute Gasteiger partial charge is 0.224 e. The van der Waals surface area contributed by atoms with Crippen molar-refractivity contribution in [3.8, 4) is 0 Å². The molecule has 3 heterocycles. The number of hydrogen-bond donors (Lipinski definition) is 1. The fourth-order valence-corrected chi connectivity index (χ4v) is 3.48. The van der Waals surface area contributed by atoms with Gasteiger partial charge in [0.15, 0.2) is 0 Å². The Hall–Kier alpha value is -3.29. The molecule has 1 unspecified atom stereocenters. The van der Waals surface area contributed by atoms with E-state index in [4.69, 9.17) is 0 Å². The summed E-state index contributed by atoms with van der Waals surface area (Å²) >= 11 is 0. The molecule has 1 aromatic carbocycles. The zero-order chi connectivity index (χ0) is 19.3. The van der Waals surface area contributed by atoms with Gasteiger partial charge in [0.2, 0.25) is 11.8 Å². The molecule has 1 aliphatic heterocycles. The van der Waals surface area contributed by atoms with E-state index in [0.717, 1.165) is 16.7 Å². The standard InChI is InChI=1S/C20H22N6O2/c27-19-9-8-15(13-25(19)14-16-5-3-4-10-21-16)20(28)22-11-12-26-18-7-2-1-6-17(18)23-24-26/h1-7,10,15H,8-9,11-14H2,(H,22,28). The van der Waals surface area contributed by atoms with Crippen molar-refractivity contribution in [1.82, 2.24) is 30.2 Å². The van der Waals surface area contributed by atoms with Crippen molar-refractivity contribution in [2.45, 2.75) is 25.9 Å². The molecular weight excluding hydrogens is 356 g/mol. The summed E-state index contributed by atoms with van der Waals surface area (Å²) in [5, 5.41) is 11.2. The van der Waals surface area contributed by atoms with Crippen LogP contribution in [0.1, 0.15) is 18.5 Å². The van der Waals surface area contributed by atoms with E-state index in [0.29, 0.717) is 39.0 Å². The Morgan fingerprint density at radius 3 is 2.89 bits per heavy atom. The average molecular weight is 378 g/mol. The summed E-state index contributed by atoms with van der Waals surface area (Å²) in [6.07, 6.45) is 2.68. The lowest BCUT2D eigenvalue weighted by molar-refractivity contribution is -0.139. The number of piperidine rings is 1. The lowest BCUT2D eigenvalue weighted by Gasteiger charge is -2.31. The van der Waals surface area contributed by atoms with Crippen molar-refractivity contribution in [1.29, 1.82) is 0 Å². The van der Waals surface area contributed by atoms with Crippen molar-refractivity contribution < 1.29 is 9.59 Å². The zero-order valence-electron chi connectivity index (χ0n) is 15.5. The number of benzene rings is 1. The molecule has 0 radical (unpaired) electrons. The lowest BCUT2D eigenvalue weighted by atomic mass is 9.96. The third kappa shape index (κ3) is 4.00. The molecule has 3 aromatic rings. The van der Waals surface area contributed by atoms with E-state index in [9.17, 15) is 9.59 Å². The van der Waals surface area contributed by atoms with E-state index in [-0.39, 0.29) is 17.7 Å². The first kappa shape index (κ1) is 18.1. The van der Waals surface area contributed by atoms with Gasteiger partial charge < -0.3 is 10.2 Å². The highest BCUT2D eigenvalue weighted by Gasteiger charge is 2.30. The van der Waals surface area contributed by atoms with Gasteiger partial charge in [0.05, 0.1) is 30.2 Å². The number of nitrogens with one attached hydrogen (secondary N) is 1. The van der Waals surface area contributed by atoms with Crippen LogP contribution in [0.2, 0.25) is 0 Å². The Labute approximate surface area is 162 Å². The molecule has 2 amide bonds. The van der Waals surface area contributed by atoms with Crippen molar-refractivity contribution in [3.63, 3.8) is 0 Å². The fourth-order valence-electron chi connectivity index (χ4n) is 3.48. The van der Waals surface area contributed by atoms with Gasteiger partial charge in [0.1, 0.15) is 5.52 Å². The number of nitrogens with zero attached hydrogens (tertiary/aromatic N) is 5. The molecule has 0 spiro atoms. The van der Waals surface area contributed by atoms with Crippen LogP contribution in [0.15, 0.2) is 48.7 Å². The number of para-hydroxylation sites is 1. The van der Waals surface area contributed by atoms with Crippen LogP contribution in [0.25, 0.3) is 11.0 Å². The summed E-state index contributed by atoms with van der Waals surface area (Å²) in [7, 11) is 0. The summed E-state index contributed by atoms with van der Waals surface area (Å²) in [5.74, 6) is -0.152. The first-order valence-electron chi connectivity index (χ1n) is 9.44. The summed E-state index contributed by atoms with van der Waals surface area (Å²) in [6.45, 7) is 1.88. The number of carbonyl (C=O) groups excluding carboxylic acids is 2. The third-order valence-corrected chi connectivity index (χ3v) is 4.99. The molecule has 2 aromatic heterocycles. The monoisotopic (exact) mass is 378 g/mol. The van der Waals surface area contributed by atoms with Gasteiger partial charge in [-0.05, 0) is 30.7 Å². The van der Waals surface area contributed by atoms with E-state index in [2.05, 4.69) is 20.6 Å². The second-order valence-corrected chi connectivity index (χ2v) is 6.92. The number of carbonyl (C=O) groups is 2. The molecule has 4 rings (SSSR count). The second-order valence-electron chi connectivity index (χ2n) is 6.92. The summed E-state index contributed by atoms with van der Waals surface area (Å²) < 4.78 is 1.79. The molecule has 1 fully saturated rings. The van der Waals surface area contributed by atoms with Crippen LogP contribution >= 0.6 is 0 Å². The molecule has 144 valence electrons. The fraction of sp³-hybridized carbons (Fsp3) is 0.350. The van der Waals surface area contributed by atoms with Gasteiger partial charge in [-0.3, -0.25) is 14.6 Å². The largest absolute Gasteiger partial charge is 0.354 e. The summed E-state index contributed by atoms with van der Waals surface area (Å²) in [4.78, 5) is 30.8. The number of hydrogen-bond acceptors (Lipinski definition) is 5. The highest BCUT2D eigenvalue weighted by atomic mass is 16.2. The highest BCUT2D eigenvalue weighted by Crippen LogP contribution is 2.19. The molecule has 1 saturated heterocycles. The third-order valence-electron chi connectivity index (χ3n) is 4.99. The molecule has 8 heteroatoms. The van der Waals surface area contributed by atoms with Crippen molar-refractivity contribution in [3.05, 3.63) is 54.4 Å². The van der Waals surface area contributed by atoms with Crippen molar-refractivity contribution >= 4 is 22.8 Å². The van der Waals surface area contributed by atoms with Gasteiger partial charge in [-0.2, -0.15) is 0 Å². The maximum absolute atomic E-state index is 12.6. The predicted octanol–water partition coefficient (Wildman–Crippen LogP) is 1.38. The van der Waals surface area contributed by atoms with Gasteiger partial charge in [-0.15, -0.1) is 5.10 Å². The zero-order valence-corrected chi connectivity index (χ0v) is 15.5. The van der Waals surface area contributed by atoms with Crippen LogP contribution in [-0.2, 0) is 22.7 Å². The Kier molecular flexibility index (Phi) is 5.27. The molecule has 8 nitrogen and oxygen atoms in total. The number of fused-ring (bicyclic) bond motifs is 1. The molecule has 0 saturated carbocycles. The first-order chi connectivity index (χ1) is 13.7. The maximum atomic E-state index is 12.6. The van der Waals surface area contributed by atoms with Gasteiger partial charge in [-0.1, -0.05) is 23.4 Å². The molecule has 1 atom stereocenters. The average Bonchev–Trinajstić information content (AvgIpc) is 3.13. The van der Waals surface area contributed by atoms with Crippen molar-refractivity contribution in [2.75, 3.05) is 13.1 Å². The Bertz CT molecular complexity index is 971. The number of rotatable bonds is 6. The van der Waals surface area contributed by atoms with Crippen molar-refractivity contribution in [2.24, 2.45) is 5.92 Å². The Balaban J connectivity index is 1.31. The van der Waals surface area contributed by atoms with E-state index >= 15 is 0 Å². The van der Waals surface area contributed by atoms with Crippen LogP contribution in [0.4, 0.5) is 0 Å². The minimum absolute atomic E-state index is 0.0251. The van der Waals surface area contributed by atoms with Gasteiger partial charge in [0.25, 0.3) is 0 Å². The molecule has 0 aliphatic carbocycles. The Morgan fingerprint density at radius 2 is 2.04 bits per heavy atom. The van der Waals surface area contributed by atoms with Crippen LogP contribution in [0.5, 0.6) is 0 Å². The van der Waals surface area contributed by atoms with E-state index in [1.54, 1.807) is 15.8 Å². The van der Waals surface area contributed by atoms with Gasteiger partial charge in [-0.25, -0.2) is 4.68 Å².